The minimum atomic E-state index is 0.382. The summed E-state index contributed by atoms with van der Waals surface area (Å²) in [5.74, 6) is 0.382. The van der Waals surface area contributed by atoms with Gasteiger partial charge < -0.3 is 0 Å². The molecule has 1 aliphatic rings. The van der Waals surface area contributed by atoms with E-state index in [4.69, 9.17) is 0 Å². The molecule has 0 radical (unpaired) electrons. The zero-order chi connectivity index (χ0) is 11.8. The van der Waals surface area contributed by atoms with E-state index in [0.29, 0.717) is 5.78 Å². The first-order valence-corrected chi connectivity index (χ1v) is 6.47. The Kier molecular flexibility index (Phi) is 2.52. The van der Waals surface area contributed by atoms with E-state index in [-0.39, 0.29) is 0 Å². The van der Waals surface area contributed by atoms with Gasteiger partial charge in [0.1, 0.15) is 0 Å². The summed E-state index contributed by atoms with van der Waals surface area (Å²) < 4.78 is 0. The Morgan fingerprint density at radius 3 is 2.65 bits per heavy atom. The summed E-state index contributed by atoms with van der Waals surface area (Å²) in [5, 5.41) is 0. The molecule has 1 aliphatic heterocycles. The van der Waals surface area contributed by atoms with Crippen molar-refractivity contribution in [3.8, 4) is 0 Å². The highest BCUT2D eigenvalue weighted by atomic mass is 32.2. The maximum absolute atomic E-state index is 9.53. The summed E-state index contributed by atoms with van der Waals surface area (Å²) in [4.78, 5) is 12.1. The lowest BCUT2D eigenvalue weighted by Gasteiger charge is -2.18. The summed E-state index contributed by atoms with van der Waals surface area (Å²) in [6.07, 6.45) is 0.989. The average Bonchev–Trinajstić information content (AvgIpc) is 2.35. The second-order valence-corrected chi connectivity index (χ2v) is 5.38. The Morgan fingerprint density at radius 1 is 1.06 bits per heavy atom. The molecule has 2 heteroatoms. The molecule has 17 heavy (non-hydrogen) atoms. The molecule has 0 fully saturated rings. The molecule has 0 aromatic heterocycles. The Balaban J connectivity index is 2.06. The van der Waals surface area contributed by atoms with Crippen molar-refractivity contribution in [1.82, 2.24) is 0 Å². The number of rotatable bonds is 1. The second kappa shape index (κ2) is 4.04. The zero-order valence-corrected chi connectivity index (χ0v) is 10.4. The van der Waals surface area contributed by atoms with Crippen LogP contribution in [0, 0.1) is 0 Å². The lowest BCUT2D eigenvalue weighted by molar-refractivity contribution is 0.674. The smallest absolute Gasteiger partial charge is 0.278 e. The first-order chi connectivity index (χ1) is 8.24. The van der Waals surface area contributed by atoms with Gasteiger partial charge in [0.05, 0.1) is 12.5 Å². The fourth-order valence-corrected chi connectivity index (χ4v) is 3.21. The molecule has 84 valence electrons. The molecule has 2 aromatic rings. The van der Waals surface area contributed by atoms with Crippen LogP contribution in [0.1, 0.15) is 23.6 Å². The van der Waals surface area contributed by atoms with Crippen LogP contribution in [0.4, 0.5) is 0 Å². The lowest BCUT2D eigenvalue weighted by Crippen LogP contribution is -2.02. The van der Waals surface area contributed by atoms with Gasteiger partial charge in [-0.15, -0.1) is 0 Å². The van der Waals surface area contributed by atoms with Crippen molar-refractivity contribution in [3.05, 3.63) is 59.2 Å². The molecule has 0 aliphatic carbocycles. The van der Waals surface area contributed by atoms with E-state index >= 15 is 0 Å². The van der Waals surface area contributed by atoms with Crippen molar-refractivity contribution in [2.45, 2.75) is 23.1 Å². The van der Waals surface area contributed by atoms with Crippen LogP contribution in [0.2, 0.25) is 0 Å². The minimum absolute atomic E-state index is 0.382. The summed E-state index contributed by atoms with van der Waals surface area (Å²) >= 11 is 1.79. The van der Waals surface area contributed by atoms with Crippen molar-refractivity contribution in [2.24, 2.45) is 0 Å². The number of benzene rings is 2. The number of ketones is 1. The molecule has 0 unspecified atom stereocenters. The number of hydrogen-bond donors (Lipinski definition) is 0. The third kappa shape index (κ3) is 1.89. The van der Waals surface area contributed by atoms with Crippen LogP contribution in [0.15, 0.2) is 52.3 Å². The number of fused-ring (bicyclic) bond motifs is 2. The largest absolute Gasteiger partial charge is 0.320 e. The standard InChI is InChI=1S/C15H12OS/c1-10(16)11-6-7-13-8-12-4-2-3-5-14(12)17-15(13)9-11/h2-7,9H,8H2,1H3/p+1. The van der Waals surface area contributed by atoms with Gasteiger partial charge in [-0.2, -0.15) is 0 Å². The van der Waals surface area contributed by atoms with E-state index in [1.165, 1.54) is 20.9 Å². The Bertz CT molecular complexity index is 602. The third-order valence-corrected chi connectivity index (χ3v) is 4.28. The fourth-order valence-electron chi connectivity index (χ4n) is 2.09. The van der Waals surface area contributed by atoms with E-state index in [1.807, 2.05) is 6.07 Å². The van der Waals surface area contributed by atoms with Crippen LogP contribution in [0.5, 0.6) is 0 Å². The molecule has 0 saturated heterocycles. The first-order valence-electron chi connectivity index (χ1n) is 5.65. The van der Waals surface area contributed by atoms with Gasteiger partial charge in [-0.25, -0.2) is 0 Å². The van der Waals surface area contributed by atoms with Crippen molar-refractivity contribution < 1.29 is 4.79 Å². The maximum Gasteiger partial charge on any atom is 0.320 e. The topological polar surface area (TPSA) is 21.4 Å². The van der Waals surface area contributed by atoms with Gasteiger partial charge in [0, 0.05) is 9.79 Å². The maximum atomic E-state index is 9.53. The summed E-state index contributed by atoms with van der Waals surface area (Å²) in [6, 6.07) is 14.7. The molecule has 0 bridgehead atoms. The van der Waals surface area contributed by atoms with E-state index < -0.39 is 0 Å². The van der Waals surface area contributed by atoms with Gasteiger partial charge in [-0.05, 0) is 35.7 Å². The van der Waals surface area contributed by atoms with Crippen LogP contribution >= 0.6 is 11.8 Å². The van der Waals surface area contributed by atoms with Crippen LogP contribution in [-0.4, -0.2) is 10.6 Å². The fraction of sp³-hybridized carbons (Fsp3) is 0.133. The van der Waals surface area contributed by atoms with Crippen molar-refractivity contribution in [2.75, 3.05) is 0 Å². The van der Waals surface area contributed by atoms with Gasteiger partial charge in [0.2, 0.25) is 0 Å². The van der Waals surface area contributed by atoms with Crippen molar-refractivity contribution in [3.63, 3.8) is 0 Å². The highest BCUT2D eigenvalue weighted by Crippen LogP contribution is 2.39. The Morgan fingerprint density at radius 2 is 1.82 bits per heavy atom. The minimum Gasteiger partial charge on any atom is -0.278 e. The summed E-state index contributed by atoms with van der Waals surface area (Å²) in [7, 11) is 0. The molecular formula is C15H13OS+. The normalized spacial score (nSPS) is 12.8. The molecule has 3 rings (SSSR count). The van der Waals surface area contributed by atoms with Gasteiger partial charge >= 0.3 is 5.78 Å². The molecule has 0 spiro atoms. The highest BCUT2D eigenvalue weighted by Gasteiger charge is 2.17. The Labute approximate surface area is 105 Å². The van der Waals surface area contributed by atoms with E-state index in [1.54, 1.807) is 18.7 Å². The first kappa shape index (κ1) is 10.6. The quantitative estimate of drug-likeness (QED) is 0.470. The molecule has 2 aromatic carbocycles. The summed E-state index contributed by atoms with van der Waals surface area (Å²) in [5.41, 5.74) is 3.65. The van der Waals surface area contributed by atoms with Gasteiger partial charge in [0.25, 0.3) is 0 Å². The summed E-state index contributed by atoms with van der Waals surface area (Å²) in [6.45, 7) is 1.73. The third-order valence-electron chi connectivity index (χ3n) is 3.06. The molecule has 0 atom stereocenters. The monoisotopic (exact) mass is 241 g/mol. The van der Waals surface area contributed by atoms with Gasteiger partial charge in [-0.1, -0.05) is 36.0 Å². The van der Waals surface area contributed by atoms with Crippen LogP contribution in [0.25, 0.3) is 0 Å². The zero-order valence-electron chi connectivity index (χ0n) is 9.60. The SMILES string of the molecule is CC(=[OH+])c1ccc2c(c1)Sc1ccccc1C2. The number of carbonyl (C=O) groups excluding carboxylic acids is 1. The predicted molar refractivity (Wildman–Crippen MR) is 71.5 cm³/mol. The van der Waals surface area contributed by atoms with E-state index in [0.717, 1.165) is 12.0 Å². The van der Waals surface area contributed by atoms with Gasteiger partial charge in [-0.3, -0.25) is 4.79 Å². The van der Waals surface area contributed by atoms with E-state index in [2.05, 4.69) is 36.4 Å². The molecule has 0 saturated carbocycles. The average molecular weight is 241 g/mol. The van der Waals surface area contributed by atoms with Crippen LogP contribution < -0.4 is 0 Å². The lowest BCUT2D eigenvalue weighted by atomic mass is 10.0. The van der Waals surface area contributed by atoms with Crippen LogP contribution in [-0.2, 0) is 6.42 Å². The van der Waals surface area contributed by atoms with Crippen LogP contribution in [0.3, 0.4) is 0 Å². The van der Waals surface area contributed by atoms with Crippen molar-refractivity contribution in [1.29, 1.82) is 0 Å². The number of hydrogen-bond acceptors (Lipinski definition) is 1. The molecule has 0 amide bonds. The highest BCUT2D eigenvalue weighted by molar-refractivity contribution is 7.99. The van der Waals surface area contributed by atoms with Crippen molar-refractivity contribution >= 4 is 17.5 Å². The molecule has 1 nitrogen and oxygen atoms in total. The Hall–Kier alpha value is -1.54. The van der Waals surface area contributed by atoms with Gasteiger partial charge in [0.15, 0.2) is 0 Å². The predicted octanol–water partition coefficient (Wildman–Crippen LogP) is 3.65. The second-order valence-electron chi connectivity index (χ2n) is 4.29. The molecular weight excluding hydrogens is 228 g/mol. The van der Waals surface area contributed by atoms with E-state index in [9.17, 15) is 4.79 Å². The molecule has 1 N–H and O–H groups in total. The molecule has 1 heterocycles.